The first-order valence-corrected chi connectivity index (χ1v) is 8.04. The number of nitrogens with one attached hydrogen (secondary N) is 1. The molecule has 1 saturated heterocycles. The highest BCUT2D eigenvalue weighted by Crippen LogP contribution is 2.24. The summed E-state index contributed by atoms with van der Waals surface area (Å²) in [6.07, 6.45) is 5.08. The molecule has 1 heterocycles. The number of nitrogens with zero attached hydrogens (tertiary/aromatic N) is 1. The van der Waals surface area contributed by atoms with Crippen molar-refractivity contribution in [1.82, 2.24) is 10.2 Å². The van der Waals surface area contributed by atoms with Gasteiger partial charge in [0.15, 0.2) is 0 Å². The second-order valence-corrected chi connectivity index (χ2v) is 6.11. The van der Waals surface area contributed by atoms with E-state index in [1.54, 1.807) is 6.07 Å². The van der Waals surface area contributed by atoms with Gasteiger partial charge in [-0.1, -0.05) is 12.5 Å². The lowest BCUT2D eigenvalue weighted by Crippen LogP contribution is -2.39. The minimum absolute atomic E-state index is 0.0275. The zero-order valence-corrected chi connectivity index (χ0v) is 13.1. The van der Waals surface area contributed by atoms with Gasteiger partial charge in [0.1, 0.15) is 11.6 Å². The third-order valence-corrected chi connectivity index (χ3v) is 4.47. The SMILES string of the molecule is CC(NCCCN1CCCCC1C)c1ccc(F)cc1O. The Balaban J connectivity index is 1.72. The molecule has 1 aliphatic heterocycles. The summed E-state index contributed by atoms with van der Waals surface area (Å²) in [5.41, 5.74) is 0.753. The second-order valence-electron chi connectivity index (χ2n) is 6.11. The number of piperidine rings is 1. The highest BCUT2D eigenvalue weighted by Gasteiger charge is 2.17. The van der Waals surface area contributed by atoms with E-state index in [9.17, 15) is 9.50 Å². The van der Waals surface area contributed by atoms with Crippen LogP contribution in [0.4, 0.5) is 4.39 Å². The van der Waals surface area contributed by atoms with Crippen molar-refractivity contribution in [3.8, 4) is 5.75 Å². The van der Waals surface area contributed by atoms with E-state index in [0.717, 1.165) is 25.1 Å². The summed E-state index contributed by atoms with van der Waals surface area (Å²) in [6.45, 7) is 7.55. The van der Waals surface area contributed by atoms with Gasteiger partial charge in [-0.2, -0.15) is 0 Å². The van der Waals surface area contributed by atoms with Gasteiger partial charge >= 0.3 is 0 Å². The number of rotatable bonds is 6. The molecule has 2 N–H and O–H groups in total. The monoisotopic (exact) mass is 294 g/mol. The largest absolute Gasteiger partial charge is 0.508 e. The van der Waals surface area contributed by atoms with Crippen LogP contribution in [0.15, 0.2) is 18.2 Å². The molecule has 2 atom stereocenters. The lowest BCUT2D eigenvalue weighted by atomic mass is 10.0. The summed E-state index contributed by atoms with van der Waals surface area (Å²) in [6, 6.07) is 4.95. The Morgan fingerprint density at radius 1 is 1.43 bits per heavy atom. The van der Waals surface area contributed by atoms with E-state index in [-0.39, 0.29) is 11.8 Å². The van der Waals surface area contributed by atoms with Crippen LogP contribution in [0, 0.1) is 5.82 Å². The highest BCUT2D eigenvalue weighted by atomic mass is 19.1. The zero-order valence-electron chi connectivity index (χ0n) is 13.1. The molecule has 0 bridgehead atoms. The van der Waals surface area contributed by atoms with Gasteiger partial charge in [-0.3, -0.25) is 0 Å². The number of hydrogen-bond acceptors (Lipinski definition) is 3. The van der Waals surface area contributed by atoms with Gasteiger partial charge in [-0.05, 0) is 58.8 Å². The van der Waals surface area contributed by atoms with E-state index in [1.165, 1.54) is 37.9 Å². The molecule has 1 aromatic carbocycles. The standard InChI is InChI=1S/C17H27FN2O/c1-13-6-3-4-10-20(13)11-5-9-19-14(2)16-8-7-15(18)12-17(16)21/h7-8,12-14,19,21H,3-6,9-11H2,1-2H3. The van der Waals surface area contributed by atoms with E-state index < -0.39 is 5.82 Å². The maximum Gasteiger partial charge on any atom is 0.126 e. The number of aromatic hydroxyl groups is 1. The average Bonchev–Trinajstić information content (AvgIpc) is 2.45. The van der Waals surface area contributed by atoms with E-state index in [4.69, 9.17) is 0 Å². The summed E-state index contributed by atoms with van der Waals surface area (Å²) in [5.74, 6) is -0.373. The van der Waals surface area contributed by atoms with Gasteiger partial charge in [0.05, 0.1) is 0 Å². The second kappa shape index (κ2) is 7.76. The Hall–Kier alpha value is -1.13. The Morgan fingerprint density at radius 2 is 2.24 bits per heavy atom. The van der Waals surface area contributed by atoms with Crippen molar-refractivity contribution in [2.24, 2.45) is 0 Å². The summed E-state index contributed by atoms with van der Waals surface area (Å²) in [7, 11) is 0. The van der Waals surface area contributed by atoms with Crippen LogP contribution in [0.5, 0.6) is 5.75 Å². The summed E-state index contributed by atoms with van der Waals surface area (Å²) in [5, 5.41) is 13.2. The first-order chi connectivity index (χ1) is 10.1. The molecule has 118 valence electrons. The lowest BCUT2D eigenvalue weighted by Gasteiger charge is -2.33. The van der Waals surface area contributed by atoms with Gasteiger partial charge in [0.2, 0.25) is 0 Å². The maximum atomic E-state index is 13.0. The predicted octanol–water partition coefficient (Wildman–Crippen LogP) is 3.45. The zero-order chi connectivity index (χ0) is 15.2. The summed E-state index contributed by atoms with van der Waals surface area (Å²) >= 11 is 0. The average molecular weight is 294 g/mol. The topological polar surface area (TPSA) is 35.5 Å². The highest BCUT2D eigenvalue weighted by molar-refractivity contribution is 5.34. The molecule has 0 saturated carbocycles. The number of likely N-dealkylation sites (tertiary alicyclic amines) is 1. The third-order valence-electron chi connectivity index (χ3n) is 4.47. The molecule has 2 unspecified atom stereocenters. The quantitative estimate of drug-likeness (QED) is 0.789. The number of phenolic OH excluding ortho intramolecular Hbond substituents is 1. The van der Waals surface area contributed by atoms with Gasteiger partial charge in [-0.15, -0.1) is 0 Å². The van der Waals surface area contributed by atoms with Crippen molar-refractivity contribution < 1.29 is 9.50 Å². The van der Waals surface area contributed by atoms with E-state index in [0.29, 0.717) is 6.04 Å². The number of phenols is 1. The minimum atomic E-state index is -0.400. The molecule has 2 rings (SSSR count). The Morgan fingerprint density at radius 3 is 2.95 bits per heavy atom. The van der Waals surface area contributed by atoms with Crippen molar-refractivity contribution in [2.45, 2.75) is 51.6 Å². The summed E-state index contributed by atoms with van der Waals surface area (Å²) in [4.78, 5) is 2.56. The van der Waals surface area contributed by atoms with Crippen molar-refractivity contribution >= 4 is 0 Å². The van der Waals surface area contributed by atoms with Gasteiger partial charge < -0.3 is 15.3 Å². The van der Waals surface area contributed by atoms with Crippen molar-refractivity contribution in [3.05, 3.63) is 29.6 Å². The normalized spacial score (nSPS) is 21.4. The molecule has 0 aliphatic carbocycles. The first-order valence-electron chi connectivity index (χ1n) is 8.04. The van der Waals surface area contributed by atoms with E-state index in [2.05, 4.69) is 17.1 Å². The molecule has 1 aromatic rings. The van der Waals surface area contributed by atoms with Gasteiger partial charge in [-0.25, -0.2) is 4.39 Å². The number of hydrogen-bond donors (Lipinski definition) is 2. The minimum Gasteiger partial charge on any atom is -0.508 e. The fourth-order valence-corrected chi connectivity index (χ4v) is 3.08. The molecule has 1 aliphatic rings. The predicted molar refractivity (Wildman–Crippen MR) is 84.0 cm³/mol. The van der Waals surface area contributed by atoms with Crippen LogP contribution < -0.4 is 5.32 Å². The van der Waals surface area contributed by atoms with Crippen LogP contribution in [0.1, 0.15) is 51.1 Å². The van der Waals surface area contributed by atoms with Gasteiger partial charge in [0, 0.05) is 23.7 Å². The molecule has 0 spiro atoms. The molecular formula is C17H27FN2O. The Labute approximate surface area is 127 Å². The van der Waals surface area contributed by atoms with E-state index in [1.807, 2.05) is 6.92 Å². The van der Waals surface area contributed by atoms with Crippen molar-refractivity contribution in [2.75, 3.05) is 19.6 Å². The lowest BCUT2D eigenvalue weighted by molar-refractivity contribution is 0.158. The molecular weight excluding hydrogens is 267 g/mol. The fraction of sp³-hybridized carbons (Fsp3) is 0.647. The van der Waals surface area contributed by atoms with Crippen LogP contribution in [-0.4, -0.2) is 35.7 Å². The number of halogens is 1. The molecule has 0 amide bonds. The van der Waals surface area contributed by atoms with Crippen LogP contribution in [0.3, 0.4) is 0 Å². The Kier molecular flexibility index (Phi) is 6.00. The van der Waals surface area contributed by atoms with Crippen molar-refractivity contribution in [3.63, 3.8) is 0 Å². The molecule has 21 heavy (non-hydrogen) atoms. The van der Waals surface area contributed by atoms with Crippen LogP contribution in [0.2, 0.25) is 0 Å². The maximum absolute atomic E-state index is 13.0. The molecule has 1 fully saturated rings. The molecule has 3 nitrogen and oxygen atoms in total. The fourth-order valence-electron chi connectivity index (χ4n) is 3.08. The summed E-state index contributed by atoms with van der Waals surface area (Å²) < 4.78 is 13.0. The third kappa shape index (κ3) is 4.68. The van der Waals surface area contributed by atoms with Crippen LogP contribution in [-0.2, 0) is 0 Å². The first kappa shape index (κ1) is 16.2. The molecule has 0 aromatic heterocycles. The van der Waals surface area contributed by atoms with Crippen LogP contribution in [0.25, 0.3) is 0 Å². The molecule has 4 heteroatoms. The smallest absolute Gasteiger partial charge is 0.126 e. The van der Waals surface area contributed by atoms with E-state index >= 15 is 0 Å². The van der Waals surface area contributed by atoms with Crippen LogP contribution >= 0.6 is 0 Å². The Bertz CT molecular complexity index is 452. The van der Waals surface area contributed by atoms with Gasteiger partial charge in [0.25, 0.3) is 0 Å². The van der Waals surface area contributed by atoms with Crippen molar-refractivity contribution in [1.29, 1.82) is 0 Å². The molecule has 0 radical (unpaired) electrons. The number of benzene rings is 1.